The summed E-state index contributed by atoms with van der Waals surface area (Å²) >= 11 is 0. The molecule has 16 heavy (non-hydrogen) atoms. The Morgan fingerprint density at radius 2 is 1.69 bits per heavy atom. The number of ether oxygens (including phenoxy) is 5. The van der Waals surface area contributed by atoms with Gasteiger partial charge in [-0.3, -0.25) is 0 Å². The Labute approximate surface area is 94.9 Å². The molecule has 3 aliphatic rings. The van der Waals surface area contributed by atoms with E-state index in [2.05, 4.69) is 0 Å². The minimum atomic E-state index is -0.612. The van der Waals surface area contributed by atoms with Crippen LogP contribution in [0.2, 0.25) is 0 Å². The predicted molar refractivity (Wildman–Crippen MR) is 53.6 cm³/mol. The Morgan fingerprint density at radius 3 is 2.31 bits per heavy atom. The highest BCUT2D eigenvalue weighted by molar-refractivity contribution is 5.03. The highest BCUT2D eigenvalue weighted by atomic mass is 16.9. The van der Waals surface area contributed by atoms with E-state index >= 15 is 0 Å². The van der Waals surface area contributed by atoms with Crippen molar-refractivity contribution in [1.29, 1.82) is 0 Å². The van der Waals surface area contributed by atoms with Gasteiger partial charge < -0.3 is 23.7 Å². The minimum absolute atomic E-state index is 0.204. The van der Waals surface area contributed by atoms with E-state index in [1.807, 2.05) is 27.7 Å². The molecule has 0 radical (unpaired) electrons. The third-order valence-corrected chi connectivity index (χ3v) is 3.18. The molecule has 0 aliphatic carbocycles. The van der Waals surface area contributed by atoms with E-state index in [0.29, 0.717) is 13.2 Å². The maximum absolute atomic E-state index is 5.95. The minimum Gasteiger partial charge on any atom is -0.347 e. The fourth-order valence-corrected chi connectivity index (χ4v) is 2.57. The average molecular weight is 230 g/mol. The third kappa shape index (κ3) is 1.50. The van der Waals surface area contributed by atoms with E-state index in [-0.39, 0.29) is 12.4 Å². The Bertz CT molecular complexity index is 311. The van der Waals surface area contributed by atoms with Crippen molar-refractivity contribution in [2.24, 2.45) is 0 Å². The first-order chi connectivity index (χ1) is 7.32. The van der Waals surface area contributed by atoms with Gasteiger partial charge in [-0.05, 0) is 27.7 Å². The molecule has 3 unspecified atom stereocenters. The predicted octanol–water partition coefficient (Wildman–Crippen LogP) is 1.02. The van der Waals surface area contributed by atoms with Crippen molar-refractivity contribution in [3.05, 3.63) is 0 Å². The second-order valence-electron chi connectivity index (χ2n) is 5.59. The molecule has 3 atom stereocenters. The van der Waals surface area contributed by atoms with Crippen LogP contribution < -0.4 is 0 Å². The molecule has 0 aromatic heterocycles. The Hall–Kier alpha value is -0.200. The number of rotatable bonds is 0. The van der Waals surface area contributed by atoms with E-state index in [1.165, 1.54) is 0 Å². The van der Waals surface area contributed by atoms with Crippen molar-refractivity contribution in [3.8, 4) is 0 Å². The largest absolute Gasteiger partial charge is 0.347 e. The average Bonchev–Trinajstić information content (AvgIpc) is 2.69. The lowest BCUT2D eigenvalue weighted by atomic mass is 10.0. The molecule has 0 aromatic rings. The summed E-state index contributed by atoms with van der Waals surface area (Å²) in [5.41, 5.74) is -0.512. The van der Waals surface area contributed by atoms with Gasteiger partial charge in [-0.15, -0.1) is 0 Å². The van der Waals surface area contributed by atoms with Crippen LogP contribution in [0.4, 0.5) is 0 Å². The summed E-state index contributed by atoms with van der Waals surface area (Å²) < 4.78 is 28.7. The zero-order chi connectivity index (χ0) is 11.6. The summed E-state index contributed by atoms with van der Waals surface area (Å²) in [6, 6.07) is 0. The van der Waals surface area contributed by atoms with Crippen LogP contribution in [0.3, 0.4) is 0 Å². The van der Waals surface area contributed by atoms with Crippen molar-refractivity contribution in [1.82, 2.24) is 0 Å². The van der Waals surface area contributed by atoms with Crippen molar-refractivity contribution in [2.75, 3.05) is 13.2 Å². The molecule has 0 N–H and O–H groups in total. The lowest BCUT2D eigenvalue weighted by Crippen LogP contribution is -2.47. The zero-order valence-electron chi connectivity index (χ0n) is 10.1. The molecule has 3 aliphatic heterocycles. The SMILES string of the molecule is CC1(C)OC2OCC3(COC(C)(C)O3)C2O1. The van der Waals surface area contributed by atoms with Crippen LogP contribution >= 0.6 is 0 Å². The molecule has 5 nitrogen and oxygen atoms in total. The molecule has 3 heterocycles. The zero-order valence-corrected chi connectivity index (χ0v) is 10.1. The molecule has 92 valence electrons. The van der Waals surface area contributed by atoms with Crippen molar-refractivity contribution >= 4 is 0 Å². The van der Waals surface area contributed by atoms with Crippen molar-refractivity contribution in [3.63, 3.8) is 0 Å². The first-order valence-electron chi connectivity index (χ1n) is 5.63. The van der Waals surface area contributed by atoms with Gasteiger partial charge in [-0.25, -0.2) is 0 Å². The van der Waals surface area contributed by atoms with Gasteiger partial charge in [-0.1, -0.05) is 0 Å². The first kappa shape index (κ1) is 10.9. The number of hydrogen-bond donors (Lipinski definition) is 0. The molecule has 3 saturated heterocycles. The van der Waals surface area contributed by atoms with Gasteiger partial charge in [0.05, 0.1) is 13.2 Å². The third-order valence-electron chi connectivity index (χ3n) is 3.18. The number of fused-ring (bicyclic) bond motifs is 2. The Morgan fingerprint density at radius 1 is 0.938 bits per heavy atom. The van der Waals surface area contributed by atoms with Crippen LogP contribution in [0.1, 0.15) is 27.7 Å². The van der Waals surface area contributed by atoms with E-state index in [0.717, 1.165) is 0 Å². The fraction of sp³-hybridized carbons (Fsp3) is 1.00. The topological polar surface area (TPSA) is 46.2 Å². The van der Waals surface area contributed by atoms with Crippen molar-refractivity contribution < 1.29 is 23.7 Å². The first-order valence-corrected chi connectivity index (χ1v) is 5.63. The molecule has 1 spiro atoms. The molecular formula is C11H18O5. The molecule has 3 fully saturated rings. The van der Waals surface area contributed by atoms with Crippen LogP contribution in [-0.4, -0.2) is 42.8 Å². The quantitative estimate of drug-likeness (QED) is 0.621. The van der Waals surface area contributed by atoms with Crippen LogP contribution in [0, 0.1) is 0 Å². The monoisotopic (exact) mass is 230 g/mol. The summed E-state index contributed by atoms with van der Waals surface area (Å²) in [6.45, 7) is 8.50. The molecule has 3 rings (SSSR count). The molecule has 5 heteroatoms. The summed E-state index contributed by atoms with van der Waals surface area (Å²) in [5.74, 6) is -1.19. The normalized spacial score (nSPS) is 48.8. The second-order valence-corrected chi connectivity index (χ2v) is 5.59. The maximum atomic E-state index is 5.95. The highest BCUT2D eigenvalue weighted by Crippen LogP contribution is 2.46. The molecule has 0 amide bonds. The maximum Gasteiger partial charge on any atom is 0.190 e. The standard InChI is InChI=1S/C11H18O5/c1-9(2)13-6-11(16-9)5-12-8-7(11)14-10(3,4)15-8/h7-8H,5-6H2,1-4H3. The van der Waals surface area contributed by atoms with Gasteiger partial charge in [0.1, 0.15) is 11.7 Å². The van der Waals surface area contributed by atoms with Gasteiger partial charge in [0.2, 0.25) is 0 Å². The smallest absolute Gasteiger partial charge is 0.190 e. The van der Waals surface area contributed by atoms with Gasteiger partial charge in [0.15, 0.2) is 17.9 Å². The molecule has 0 saturated carbocycles. The lowest BCUT2D eigenvalue weighted by molar-refractivity contribution is -0.225. The Balaban J connectivity index is 1.84. The second kappa shape index (κ2) is 2.97. The van der Waals surface area contributed by atoms with Crippen LogP contribution in [0.5, 0.6) is 0 Å². The lowest BCUT2D eigenvalue weighted by Gasteiger charge is -2.28. The van der Waals surface area contributed by atoms with Gasteiger partial charge in [0.25, 0.3) is 0 Å². The van der Waals surface area contributed by atoms with Crippen LogP contribution in [0.25, 0.3) is 0 Å². The summed E-state index contributed by atoms with van der Waals surface area (Å²) in [5, 5.41) is 0. The van der Waals surface area contributed by atoms with E-state index in [9.17, 15) is 0 Å². The fourth-order valence-electron chi connectivity index (χ4n) is 2.57. The highest BCUT2D eigenvalue weighted by Gasteiger charge is 2.64. The van der Waals surface area contributed by atoms with Crippen molar-refractivity contribution in [2.45, 2.75) is 57.3 Å². The molecule has 0 aromatic carbocycles. The van der Waals surface area contributed by atoms with E-state index in [4.69, 9.17) is 23.7 Å². The summed E-state index contributed by atoms with van der Waals surface area (Å²) in [6.07, 6.45) is -0.545. The Kier molecular flexibility index (Phi) is 2.03. The van der Waals surface area contributed by atoms with Crippen LogP contribution in [-0.2, 0) is 23.7 Å². The van der Waals surface area contributed by atoms with Crippen LogP contribution in [0.15, 0.2) is 0 Å². The van der Waals surface area contributed by atoms with Gasteiger partial charge >= 0.3 is 0 Å². The van der Waals surface area contributed by atoms with Gasteiger partial charge in [0, 0.05) is 0 Å². The summed E-state index contributed by atoms with van der Waals surface area (Å²) in [4.78, 5) is 0. The summed E-state index contributed by atoms with van der Waals surface area (Å²) in [7, 11) is 0. The number of hydrogen-bond acceptors (Lipinski definition) is 5. The van der Waals surface area contributed by atoms with E-state index in [1.54, 1.807) is 0 Å². The van der Waals surface area contributed by atoms with E-state index < -0.39 is 17.2 Å². The molecule has 0 bridgehead atoms. The van der Waals surface area contributed by atoms with Gasteiger partial charge in [-0.2, -0.15) is 0 Å². The molecular weight excluding hydrogens is 212 g/mol.